The molecule has 0 aromatic carbocycles. The van der Waals surface area contributed by atoms with E-state index in [1.165, 1.54) is 0 Å². The van der Waals surface area contributed by atoms with E-state index >= 15 is 0 Å². The van der Waals surface area contributed by atoms with Gasteiger partial charge in [0.1, 0.15) is 0 Å². The van der Waals surface area contributed by atoms with Gasteiger partial charge in [0.15, 0.2) is 11.2 Å². The molecule has 0 aliphatic rings. The molecule has 0 fully saturated rings. The molecule has 0 aliphatic carbocycles. The summed E-state index contributed by atoms with van der Waals surface area (Å²) in [5.41, 5.74) is -5.48. The molecule has 0 amide bonds. The van der Waals surface area contributed by atoms with Crippen molar-refractivity contribution in [2.75, 3.05) is 0 Å². The van der Waals surface area contributed by atoms with E-state index in [0.29, 0.717) is 0 Å². The number of rotatable bonds is 10. The predicted molar refractivity (Wildman–Crippen MR) is 74.2 cm³/mol. The molecular formula is C12H16Cu3O14. The molecule has 0 aliphatic heterocycles. The molecule has 0 saturated heterocycles. The van der Waals surface area contributed by atoms with Crippen LogP contribution < -0.4 is 0 Å². The van der Waals surface area contributed by atoms with Gasteiger partial charge in [-0.05, 0) is 0 Å². The molecule has 0 unspecified atom stereocenters. The molecule has 0 aromatic heterocycles. The van der Waals surface area contributed by atoms with Crippen molar-refractivity contribution >= 4 is 35.8 Å². The third kappa shape index (κ3) is 16.9. The fourth-order valence-electron chi connectivity index (χ4n) is 1.43. The van der Waals surface area contributed by atoms with Crippen molar-refractivity contribution in [3.63, 3.8) is 0 Å². The molecule has 17 heteroatoms. The Morgan fingerprint density at radius 2 is 0.586 bits per heavy atom. The monoisotopic (exact) mass is 573 g/mol. The number of hydrogen-bond acceptors (Lipinski definition) is 8. The minimum atomic E-state index is -2.74. The molecule has 3 radical (unpaired) electrons. The van der Waals surface area contributed by atoms with E-state index in [1.807, 2.05) is 0 Å². The molecule has 0 rings (SSSR count). The summed E-state index contributed by atoms with van der Waals surface area (Å²) in [5.74, 6) is -10.0. The maximum absolute atomic E-state index is 10.3. The van der Waals surface area contributed by atoms with Crippen LogP contribution in [0.1, 0.15) is 25.7 Å². The Kier molecular flexibility index (Phi) is 21.1. The molecule has 14 nitrogen and oxygen atoms in total. The standard InChI is InChI=1S/2C6H8O7.3Cu/c2*7-3(8)1-6(13,5(11)12)2-4(9)10;;;/h2*13H,1-2H2,(H,7,8)(H,9,10)(H,11,12);;;. The summed E-state index contributed by atoms with van der Waals surface area (Å²) in [5, 5.41) is 67.6. The third-order valence-electron chi connectivity index (χ3n) is 2.57. The van der Waals surface area contributed by atoms with Crippen molar-refractivity contribution in [2.24, 2.45) is 0 Å². The van der Waals surface area contributed by atoms with E-state index in [9.17, 15) is 28.8 Å². The molecular weight excluding hydrogens is 559 g/mol. The van der Waals surface area contributed by atoms with Gasteiger partial charge in [0.2, 0.25) is 0 Å². The maximum Gasteiger partial charge on any atom is 0.336 e. The van der Waals surface area contributed by atoms with Crippen LogP contribution in [0.4, 0.5) is 0 Å². The van der Waals surface area contributed by atoms with Crippen LogP contribution in [0, 0.1) is 0 Å². The van der Waals surface area contributed by atoms with E-state index in [2.05, 4.69) is 0 Å². The topological polar surface area (TPSA) is 264 Å². The average molecular weight is 575 g/mol. The zero-order chi connectivity index (χ0) is 21.3. The number of carboxylic acids is 6. The second-order valence-electron chi connectivity index (χ2n) is 4.96. The molecule has 181 valence electrons. The van der Waals surface area contributed by atoms with Crippen LogP contribution in [0.25, 0.3) is 0 Å². The van der Waals surface area contributed by atoms with E-state index in [4.69, 9.17) is 40.9 Å². The SMILES string of the molecule is O=C(O)CC(O)(CC(=O)O)C(=O)O.O=C(O)CC(O)(CC(=O)O)C(=O)O.[Cu].[Cu].[Cu]. The zero-order valence-electron chi connectivity index (χ0n) is 13.8. The second-order valence-corrected chi connectivity index (χ2v) is 4.96. The Hall–Kier alpha value is -1.70. The molecule has 0 aromatic rings. The van der Waals surface area contributed by atoms with E-state index in [0.717, 1.165) is 0 Å². The van der Waals surface area contributed by atoms with Gasteiger partial charge < -0.3 is 40.9 Å². The van der Waals surface area contributed by atoms with Gasteiger partial charge in [-0.2, -0.15) is 0 Å². The second kappa shape index (κ2) is 16.1. The minimum absolute atomic E-state index is 0. The molecule has 8 N–H and O–H groups in total. The smallest absolute Gasteiger partial charge is 0.336 e. The summed E-state index contributed by atoms with van der Waals surface area (Å²) in [6.07, 6.45) is -4.58. The van der Waals surface area contributed by atoms with Gasteiger partial charge in [-0.3, -0.25) is 19.2 Å². The van der Waals surface area contributed by atoms with Crippen LogP contribution in [0.15, 0.2) is 0 Å². The van der Waals surface area contributed by atoms with Gasteiger partial charge in [-0.25, -0.2) is 9.59 Å². The third-order valence-corrected chi connectivity index (χ3v) is 2.57. The van der Waals surface area contributed by atoms with Crippen molar-refractivity contribution in [1.82, 2.24) is 0 Å². The average Bonchev–Trinajstić information content (AvgIpc) is 2.34. The van der Waals surface area contributed by atoms with Gasteiger partial charge in [0, 0.05) is 51.2 Å². The summed E-state index contributed by atoms with van der Waals surface area (Å²) in [6, 6.07) is 0. The fourth-order valence-corrected chi connectivity index (χ4v) is 1.43. The molecule has 0 spiro atoms. The van der Waals surface area contributed by atoms with Crippen molar-refractivity contribution < 1.29 is 121 Å². The van der Waals surface area contributed by atoms with Gasteiger partial charge >= 0.3 is 35.8 Å². The number of aliphatic hydroxyl groups is 2. The van der Waals surface area contributed by atoms with Crippen LogP contribution in [-0.2, 0) is 80.0 Å². The Morgan fingerprint density at radius 1 is 0.448 bits per heavy atom. The Labute approximate surface area is 193 Å². The van der Waals surface area contributed by atoms with Gasteiger partial charge in [-0.1, -0.05) is 0 Å². The fraction of sp³-hybridized carbons (Fsp3) is 0.500. The molecule has 0 heterocycles. The maximum atomic E-state index is 10.3. The summed E-state index contributed by atoms with van der Waals surface area (Å²) in [7, 11) is 0. The first-order valence-corrected chi connectivity index (χ1v) is 6.34. The summed E-state index contributed by atoms with van der Waals surface area (Å²) < 4.78 is 0. The number of carbonyl (C=O) groups is 6. The van der Waals surface area contributed by atoms with E-state index < -0.39 is 72.7 Å². The Bertz CT molecular complexity index is 521. The molecule has 0 saturated carbocycles. The van der Waals surface area contributed by atoms with E-state index in [1.54, 1.807) is 0 Å². The van der Waals surface area contributed by atoms with Crippen molar-refractivity contribution in [1.29, 1.82) is 0 Å². The first-order valence-electron chi connectivity index (χ1n) is 6.34. The van der Waals surface area contributed by atoms with Crippen LogP contribution in [0.2, 0.25) is 0 Å². The number of hydrogen-bond donors (Lipinski definition) is 8. The zero-order valence-corrected chi connectivity index (χ0v) is 16.6. The molecule has 29 heavy (non-hydrogen) atoms. The van der Waals surface area contributed by atoms with Crippen LogP contribution in [0.3, 0.4) is 0 Å². The van der Waals surface area contributed by atoms with Crippen LogP contribution in [0.5, 0.6) is 0 Å². The van der Waals surface area contributed by atoms with Crippen molar-refractivity contribution in [2.45, 2.75) is 36.9 Å². The van der Waals surface area contributed by atoms with Crippen LogP contribution >= 0.6 is 0 Å². The first-order chi connectivity index (χ1) is 11.6. The van der Waals surface area contributed by atoms with Crippen molar-refractivity contribution in [3.8, 4) is 0 Å². The largest absolute Gasteiger partial charge is 0.481 e. The van der Waals surface area contributed by atoms with Crippen molar-refractivity contribution in [3.05, 3.63) is 0 Å². The van der Waals surface area contributed by atoms with Gasteiger partial charge in [-0.15, -0.1) is 0 Å². The number of carboxylic acid groups (broad SMARTS) is 6. The quantitative estimate of drug-likeness (QED) is 0.125. The van der Waals surface area contributed by atoms with E-state index in [-0.39, 0.29) is 51.2 Å². The van der Waals surface area contributed by atoms with Gasteiger partial charge in [0.25, 0.3) is 0 Å². The Balaban J connectivity index is -0.000000120. The van der Waals surface area contributed by atoms with Gasteiger partial charge in [0.05, 0.1) is 25.7 Å². The summed E-state index contributed by atoms with van der Waals surface area (Å²) in [4.78, 5) is 61.0. The van der Waals surface area contributed by atoms with Crippen LogP contribution in [-0.4, -0.2) is 87.9 Å². The minimum Gasteiger partial charge on any atom is -0.481 e. The Morgan fingerprint density at radius 3 is 0.655 bits per heavy atom. The predicted octanol–water partition coefficient (Wildman–Crippen LogP) is -2.50. The number of aliphatic carboxylic acids is 6. The summed E-state index contributed by atoms with van der Waals surface area (Å²) >= 11 is 0. The molecule has 0 atom stereocenters. The molecule has 0 bridgehead atoms. The normalized spacial score (nSPS) is 9.72. The summed E-state index contributed by atoms with van der Waals surface area (Å²) in [6.45, 7) is 0. The first kappa shape index (κ1) is 38.0.